The smallest absolute Gasteiger partial charge is 0.308 e. The molecule has 1 saturated heterocycles. The fourth-order valence-electron chi connectivity index (χ4n) is 7.38. The zero-order valence-electron chi connectivity index (χ0n) is 24.5. The van der Waals surface area contributed by atoms with Gasteiger partial charge in [0.15, 0.2) is 23.0 Å². The van der Waals surface area contributed by atoms with Gasteiger partial charge in [0, 0.05) is 41.3 Å². The molecule has 6 rings (SSSR count). The molecule has 4 aliphatic rings. The number of carbonyl (C=O) groups excluding carboxylic acids is 2. The van der Waals surface area contributed by atoms with Gasteiger partial charge in [-0.1, -0.05) is 6.07 Å². The second-order valence-corrected chi connectivity index (χ2v) is 11.5. The lowest BCUT2D eigenvalue weighted by molar-refractivity contribution is -0.132. The largest absolute Gasteiger partial charge is 0.504 e. The maximum atomic E-state index is 13.2. The first-order valence-electron chi connectivity index (χ1n) is 14.0. The van der Waals surface area contributed by atoms with E-state index in [9.17, 15) is 20.0 Å². The number of ether oxygens (including phenoxy) is 4. The number of phenolic OH excluding ortho intramolecular Hbond substituents is 1. The van der Waals surface area contributed by atoms with Crippen molar-refractivity contribution in [3.63, 3.8) is 0 Å². The quantitative estimate of drug-likeness (QED) is 0.360. The van der Waals surface area contributed by atoms with Crippen LogP contribution in [0.1, 0.15) is 59.4 Å². The number of piperazine rings is 1. The molecule has 12 heteroatoms. The number of hydrogen-bond donors (Lipinski definition) is 3. The maximum absolute atomic E-state index is 13.2. The Morgan fingerprint density at radius 3 is 2.55 bits per heavy atom. The molecule has 0 saturated carbocycles. The number of carbonyl (C=O) groups is 2. The van der Waals surface area contributed by atoms with Gasteiger partial charge in [-0.25, -0.2) is 0 Å². The molecule has 6 atom stereocenters. The van der Waals surface area contributed by atoms with Gasteiger partial charge in [0.25, 0.3) is 0 Å². The van der Waals surface area contributed by atoms with Gasteiger partial charge in [-0.05, 0) is 51.8 Å². The summed E-state index contributed by atoms with van der Waals surface area (Å²) in [5.74, 6) is 0.725. The molecule has 0 radical (unpaired) electrons. The molecule has 0 spiro atoms. The summed E-state index contributed by atoms with van der Waals surface area (Å²) in [6.07, 6.45) is -0.0237. The van der Waals surface area contributed by atoms with Crippen LogP contribution in [0.5, 0.6) is 28.7 Å². The molecule has 2 aromatic carbocycles. The first kappa shape index (κ1) is 28.1. The van der Waals surface area contributed by atoms with E-state index in [1.54, 1.807) is 13.8 Å². The molecule has 4 heterocycles. The van der Waals surface area contributed by atoms with Crippen LogP contribution in [0.15, 0.2) is 6.07 Å². The molecular weight excluding hydrogens is 542 g/mol. The highest BCUT2D eigenvalue weighted by Gasteiger charge is 2.57. The Balaban J connectivity index is 1.64. The highest BCUT2D eigenvalue weighted by molar-refractivity contribution is 5.82. The van der Waals surface area contributed by atoms with E-state index < -0.39 is 42.2 Å². The van der Waals surface area contributed by atoms with Crippen molar-refractivity contribution in [2.75, 3.05) is 21.0 Å². The van der Waals surface area contributed by atoms with Gasteiger partial charge in [-0.15, -0.1) is 0 Å². The van der Waals surface area contributed by atoms with Crippen molar-refractivity contribution < 1.29 is 33.6 Å². The fourth-order valence-corrected chi connectivity index (χ4v) is 7.38. The van der Waals surface area contributed by atoms with E-state index in [-0.39, 0.29) is 18.6 Å². The lowest BCUT2D eigenvalue weighted by atomic mass is 9.72. The number of likely N-dealkylation sites (N-methyl/N-ethyl adjacent to an activating group) is 1. The number of nitriles is 1. The van der Waals surface area contributed by atoms with Crippen LogP contribution in [0.4, 0.5) is 0 Å². The summed E-state index contributed by atoms with van der Waals surface area (Å²) in [5.41, 5.74) is 10.3. The number of nitrogens with zero attached hydrogens (tertiary/aromatic N) is 3. The molecule has 0 aliphatic carbocycles. The lowest BCUT2D eigenvalue weighted by Crippen LogP contribution is -2.70. The Morgan fingerprint density at radius 1 is 1.19 bits per heavy atom. The molecule has 4 aliphatic heterocycles. The molecule has 2 bridgehead atoms. The average Bonchev–Trinajstić information content (AvgIpc) is 3.42. The second kappa shape index (κ2) is 10.0. The summed E-state index contributed by atoms with van der Waals surface area (Å²) < 4.78 is 23.2. The Hall–Kier alpha value is -4.05. The van der Waals surface area contributed by atoms with Crippen molar-refractivity contribution in [2.24, 2.45) is 5.73 Å². The Morgan fingerprint density at radius 2 is 1.90 bits per heavy atom. The SMILES string of the molecule is COc1c(C)cc2c(c1O)[C@@H]1C3Cc4c(OC(C)=O)c(C)c5c(c4C(NC(=O)[C@@H](C)N)N3[C@@H](C#N)[C@@H](C2)N1C)OCO5. The van der Waals surface area contributed by atoms with Crippen LogP contribution in [0.25, 0.3) is 0 Å². The van der Waals surface area contributed by atoms with E-state index >= 15 is 0 Å². The number of esters is 1. The number of rotatable bonds is 4. The zero-order chi connectivity index (χ0) is 30.2. The van der Waals surface area contributed by atoms with Gasteiger partial charge in [0.1, 0.15) is 18.0 Å². The van der Waals surface area contributed by atoms with Gasteiger partial charge in [-0.3, -0.25) is 19.4 Å². The van der Waals surface area contributed by atoms with Crippen molar-refractivity contribution in [3.05, 3.63) is 39.4 Å². The third kappa shape index (κ3) is 3.91. The minimum Gasteiger partial charge on any atom is -0.504 e. The molecule has 12 nitrogen and oxygen atoms in total. The maximum Gasteiger partial charge on any atom is 0.308 e. The zero-order valence-corrected chi connectivity index (χ0v) is 24.5. The van der Waals surface area contributed by atoms with Gasteiger partial charge in [0.05, 0.1) is 25.3 Å². The number of benzene rings is 2. The molecule has 42 heavy (non-hydrogen) atoms. The topological polar surface area (TPSA) is 160 Å². The van der Waals surface area contributed by atoms with Gasteiger partial charge in [-0.2, -0.15) is 5.26 Å². The van der Waals surface area contributed by atoms with Crippen LogP contribution >= 0.6 is 0 Å². The average molecular weight is 578 g/mol. The molecule has 2 aromatic rings. The van der Waals surface area contributed by atoms with Crippen molar-refractivity contribution in [3.8, 4) is 34.8 Å². The second-order valence-electron chi connectivity index (χ2n) is 11.5. The van der Waals surface area contributed by atoms with Gasteiger partial charge in [0.2, 0.25) is 12.7 Å². The highest BCUT2D eigenvalue weighted by atomic mass is 16.7. The molecule has 0 aromatic heterocycles. The summed E-state index contributed by atoms with van der Waals surface area (Å²) >= 11 is 0. The van der Waals surface area contributed by atoms with Gasteiger partial charge >= 0.3 is 5.97 Å². The predicted molar refractivity (Wildman–Crippen MR) is 149 cm³/mol. The van der Waals surface area contributed by atoms with Crippen molar-refractivity contribution in [2.45, 2.75) is 76.9 Å². The number of hydrogen-bond acceptors (Lipinski definition) is 11. The third-order valence-corrected chi connectivity index (χ3v) is 9.08. The van der Waals surface area contributed by atoms with Crippen molar-refractivity contribution >= 4 is 11.9 Å². The number of amides is 1. The summed E-state index contributed by atoms with van der Waals surface area (Å²) in [4.78, 5) is 29.7. The van der Waals surface area contributed by atoms with Crippen LogP contribution in [0, 0.1) is 25.2 Å². The first-order chi connectivity index (χ1) is 20.0. The molecule has 4 N–H and O–H groups in total. The summed E-state index contributed by atoms with van der Waals surface area (Å²) in [5, 5.41) is 25.3. The van der Waals surface area contributed by atoms with Crippen LogP contribution in [0.3, 0.4) is 0 Å². The molecule has 1 fully saturated rings. The van der Waals surface area contributed by atoms with E-state index in [1.165, 1.54) is 14.0 Å². The Bertz CT molecular complexity index is 1550. The summed E-state index contributed by atoms with van der Waals surface area (Å²) in [6, 6.07) is 1.97. The molecule has 2 unspecified atom stereocenters. The van der Waals surface area contributed by atoms with E-state index in [2.05, 4.69) is 16.3 Å². The first-order valence-corrected chi connectivity index (χ1v) is 14.0. The minimum atomic E-state index is -0.859. The number of nitrogens with one attached hydrogen (secondary N) is 1. The number of aromatic hydroxyl groups is 1. The Kier molecular flexibility index (Phi) is 6.72. The van der Waals surface area contributed by atoms with Crippen molar-refractivity contribution in [1.29, 1.82) is 5.26 Å². The van der Waals surface area contributed by atoms with Crippen LogP contribution in [-0.4, -0.2) is 71.9 Å². The number of fused-ring (bicyclic) bond motifs is 9. The molecule has 222 valence electrons. The molecule has 1 amide bonds. The summed E-state index contributed by atoms with van der Waals surface area (Å²) in [6.45, 7) is 6.55. The van der Waals surface area contributed by atoms with Crippen LogP contribution < -0.4 is 30.0 Å². The number of aryl methyl sites for hydroxylation is 1. The summed E-state index contributed by atoms with van der Waals surface area (Å²) in [7, 11) is 3.48. The highest BCUT2D eigenvalue weighted by Crippen LogP contribution is 2.57. The molecular formula is C30H35N5O7. The van der Waals surface area contributed by atoms with Crippen molar-refractivity contribution in [1.82, 2.24) is 15.1 Å². The van der Waals surface area contributed by atoms with E-state index in [4.69, 9.17) is 24.7 Å². The lowest BCUT2D eigenvalue weighted by Gasteiger charge is -2.59. The minimum absolute atomic E-state index is 0.0421. The van der Waals surface area contributed by atoms with E-state index in [0.29, 0.717) is 52.5 Å². The van der Waals surface area contributed by atoms with Crippen LogP contribution in [-0.2, 0) is 22.4 Å². The monoisotopic (exact) mass is 577 g/mol. The predicted octanol–water partition coefficient (Wildman–Crippen LogP) is 1.86. The number of nitrogens with two attached hydrogens (primary N) is 1. The Labute approximate surface area is 243 Å². The van der Waals surface area contributed by atoms with E-state index in [0.717, 1.165) is 16.7 Å². The normalized spacial score (nSPS) is 26.3. The number of phenols is 1. The fraction of sp³-hybridized carbons (Fsp3) is 0.500. The third-order valence-electron chi connectivity index (χ3n) is 9.08. The van der Waals surface area contributed by atoms with E-state index in [1.807, 2.05) is 24.9 Å². The standard InChI is InChI=1S/C30H35N5O7/c1-12-7-16-8-18-20(10-31)35-19(23(34(18)5)21(16)24(37)25(12)39-6)9-17-22(29(35)33-30(38)14(3)32)28-27(40-11-41-28)13(2)26(17)42-15(4)36/h7,14,18-20,23,29,37H,8-9,11,32H2,1-6H3,(H,33,38)/t14-,18-,19?,20+,23+,29?/m1/s1. The van der Waals surface area contributed by atoms with Gasteiger partial charge < -0.3 is 35.1 Å². The van der Waals surface area contributed by atoms with Crippen LogP contribution in [0.2, 0.25) is 0 Å². The number of methoxy groups -OCH3 is 1.